The van der Waals surface area contributed by atoms with Crippen LogP contribution in [0.15, 0.2) is 0 Å². The highest BCUT2D eigenvalue weighted by Gasteiger charge is 2.28. The molecule has 0 radical (unpaired) electrons. The van der Waals surface area contributed by atoms with Gasteiger partial charge < -0.3 is 4.90 Å². The van der Waals surface area contributed by atoms with Crippen molar-refractivity contribution in [3.05, 3.63) is 16.8 Å². The Labute approximate surface area is 128 Å². The lowest BCUT2D eigenvalue weighted by Crippen LogP contribution is -2.28. The highest BCUT2D eigenvalue weighted by atomic mass is 15.3. The van der Waals surface area contributed by atoms with Crippen LogP contribution in [-0.4, -0.2) is 23.3 Å². The van der Waals surface area contributed by atoms with Crippen molar-refractivity contribution in [2.75, 3.05) is 18.0 Å². The van der Waals surface area contributed by atoms with E-state index in [1.807, 2.05) is 13.8 Å². The molecular formula is C17H26N4. The summed E-state index contributed by atoms with van der Waals surface area (Å²) in [4.78, 5) is 2.25. The standard InChI is InChI=1S/C17H26N4/c1-12-13(2)19-20-16(15(12)11-18)21-9-6-7-14(8-10-21)17(3,4)5/h14H,6-10H2,1-5H3. The maximum absolute atomic E-state index is 9.46. The molecule has 4 heteroatoms. The van der Waals surface area contributed by atoms with Crippen LogP contribution in [0.1, 0.15) is 56.9 Å². The minimum atomic E-state index is 0.350. The van der Waals surface area contributed by atoms with Crippen molar-refractivity contribution in [1.29, 1.82) is 5.26 Å². The highest BCUT2D eigenvalue weighted by molar-refractivity contribution is 5.57. The van der Waals surface area contributed by atoms with E-state index < -0.39 is 0 Å². The van der Waals surface area contributed by atoms with Crippen molar-refractivity contribution >= 4 is 5.82 Å². The quantitative estimate of drug-likeness (QED) is 0.791. The summed E-state index contributed by atoms with van der Waals surface area (Å²) >= 11 is 0. The van der Waals surface area contributed by atoms with Crippen molar-refractivity contribution in [2.24, 2.45) is 11.3 Å². The van der Waals surface area contributed by atoms with Gasteiger partial charge in [0.25, 0.3) is 0 Å². The zero-order chi connectivity index (χ0) is 15.6. The van der Waals surface area contributed by atoms with Gasteiger partial charge in [0, 0.05) is 13.1 Å². The number of nitriles is 1. The molecule has 1 saturated heterocycles. The van der Waals surface area contributed by atoms with Crippen LogP contribution in [0, 0.1) is 36.5 Å². The van der Waals surface area contributed by atoms with Gasteiger partial charge in [-0.1, -0.05) is 20.8 Å². The first-order valence-electron chi connectivity index (χ1n) is 7.83. The van der Waals surface area contributed by atoms with Crippen molar-refractivity contribution in [3.63, 3.8) is 0 Å². The van der Waals surface area contributed by atoms with E-state index in [1.54, 1.807) is 0 Å². The number of hydrogen-bond donors (Lipinski definition) is 0. The minimum absolute atomic E-state index is 0.350. The normalized spacial score (nSPS) is 20.0. The molecule has 1 aliphatic heterocycles. The van der Waals surface area contributed by atoms with Gasteiger partial charge in [-0.15, -0.1) is 5.10 Å². The molecule has 2 heterocycles. The summed E-state index contributed by atoms with van der Waals surface area (Å²) in [7, 11) is 0. The Bertz CT molecular complexity index is 551. The fraction of sp³-hybridized carbons (Fsp3) is 0.706. The van der Waals surface area contributed by atoms with E-state index in [2.05, 4.69) is 41.9 Å². The Morgan fingerprint density at radius 2 is 1.86 bits per heavy atom. The lowest BCUT2D eigenvalue weighted by molar-refractivity contribution is 0.220. The van der Waals surface area contributed by atoms with E-state index in [-0.39, 0.29) is 0 Å². The molecule has 1 fully saturated rings. The molecule has 1 aromatic rings. The molecule has 0 N–H and O–H groups in total. The van der Waals surface area contributed by atoms with E-state index in [0.29, 0.717) is 11.0 Å². The molecular weight excluding hydrogens is 260 g/mol. The zero-order valence-electron chi connectivity index (χ0n) is 13.9. The van der Waals surface area contributed by atoms with Crippen LogP contribution < -0.4 is 4.90 Å². The SMILES string of the molecule is Cc1nnc(N2CCCC(C(C)(C)C)CC2)c(C#N)c1C. The number of hydrogen-bond acceptors (Lipinski definition) is 4. The molecule has 1 aliphatic rings. The molecule has 1 unspecified atom stereocenters. The van der Waals surface area contributed by atoms with Crippen molar-refractivity contribution < 1.29 is 0 Å². The summed E-state index contributed by atoms with van der Waals surface area (Å²) in [5.41, 5.74) is 2.84. The second-order valence-electron chi connectivity index (χ2n) is 7.20. The van der Waals surface area contributed by atoms with Gasteiger partial charge in [0.2, 0.25) is 0 Å². The predicted molar refractivity (Wildman–Crippen MR) is 85.2 cm³/mol. The van der Waals surface area contributed by atoms with Gasteiger partial charge in [-0.3, -0.25) is 0 Å². The summed E-state index contributed by atoms with van der Waals surface area (Å²) in [5, 5.41) is 18.0. The molecule has 0 bridgehead atoms. The predicted octanol–water partition coefficient (Wildman–Crippen LogP) is 3.62. The first kappa shape index (κ1) is 15.8. The maximum Gasteiger partial charge on any atom is 0.169 e. The molecule has 1 atom stereocenters. The molecule has 0 saturated carbocycles. The summed E-state index contributed by atoms with van der Waals surface area (Å²) in [6.45, 7) is 12.8. The molecule has 4 nitrogen and oxygen atoms in total. The van der Waals surface area contributed by atoms with E-state index in [0.717, 1.165) is 48.9 Å². The summed E-state index contributed by atoms with van der Waals surface area (Å²) in [6, 6.07) is 2.32. The maximum atomic E-state index is 9.46. The average Bonchev–Trinajstić information content (AvgIpc) is 2.67. The lowest BCUT2D eigenvalue weighted by Gasteiger charge is -2.30. The molecule has 0 aromatic carbocycles. The summed E-state index contributed by atoms with van der Waals surface area (Å²) in [6.07, 6.45) is 3.56. The molecule has 0 amide bonds. The van der Waals surface area contributed by atoms with Crippen LogP contribution in [0.3, 0.4) is 0 Å². The van der Waals surface area contributed by atoms with Gasteiger partial charge in [-0.2, -0.15) is 10.4 Å². The lowest BCUT2D eigenvalue weighted by atomic mass is 9.77. The number of rotatable bonds is 1. The Morgan fingerprint density at radius 3 is 2.48 bits per heavy atom. The molecule has 0 spiro atoms. The third kappa shape index (κ3) is 3.34. The van der Waals surface area contributed by atoms with Crippen LogP contribution in [0.5, 0.6) is 0 Å². The Morgan fingerprint density at radius 1 is 1.14 bits per heavy atom. The average molecular weight is 286 g/mol. The largest absolute Gasteiger partial charge is 0.354 e. The molecule has 2 rings (SSSR count). The molecule has 21 heavy (non-hydrogen) atoms. The highest BCUT2D eigenvalue weighted by Crippen LogP contribution is 2.35. The van der Waals surface area contributed by atoms with Crippen LogP contribution in [0.25, 0.3) is 0 Å². The van der Waals surface area contributed by atoms with Gasteiger partial charge in [0.1, 0.15) is 11.6 Å². The van der Waals surface area contributed by atoms with E-state index in [1.165, 1.54) is 6.42 Å². The van der Waals surface area contributed by atoms with Crippen LogP contribution in [-0.2, 0) is 0 Å². The third-order valence-electron chi connectivity index (χ3n) is 4.80. The number of aromatic nitrogens is 2. The van der Waals surface area contributed by atoms with E-state index >= 15 is 0 Å². The van der Waals surface area contributed by atoms with E-state index in [9.17, 15) is 5.26 Å². The first-order chi connectivity index (χ1) is 9.84. The molecule has 0 aliphatic carbocycles. The fourth-order valence-corrected chi connectivity index (χ4v) is 3.13. The van der Waals surface area contributed by atoms with Gasteiger partial charge in [0.15, 0.2) is 5.82 Å². The second kappa shape index (κ2) is 6.01. The number of anilines is 1. The molecule has 114 valence electrons. The Kier molecular flexibility index (Phi) is 4.51. The van der Waals surface area contributed by atoms with Crippen LogP contribution in [0.4, 0.5) is 5.82 Å². The zero-order valence-corrected chi connectivity index (χ0v) is 13.9. The van der Waals surface area contributed by atoms with Crippen LogP contribution in [0.2, 0.25) is 0 Å². The van der Waals surface area contributed by atoms with Crippen LogP contribution >= 0.6 is 0 Å². The van der Waals surface area contributed by atoms with Crippen molar-refractivity contribution in [1.82, 2.24) is 10.2 Å². The monoisotopic (exact) mass is 286 g/mol. The Hall–Kier alpha value is -1.63. The summed E-state index contributed by atoms with van der Waals surface area (Å²) < 4.78 is 0. The van der Waals surface area contributed by atoms with Gasteiger partial charge >= 0.3 is 0 Å². The number of aryl methyl sites for hydroxylation is 1. The van der Waals surface area contributed by atoms with Gasteiger partial charge in [0.05, 0.1) is 5.69 Å². The van der Waals surface area contributed by atoms with Gasteiger partial charge in [-0.25, -0.2) is 0 Å². The number of nitrogens with zero attached hydrogens (tertiary/aromatic N) is 4. The third-order valence-corrected chi connectivity index (χ3v) is 4.80. The second-order valence-corrected chi connectivity index (χ2v) is 7.20. The Balaban J connectivity index is 2.25. The van der Waals surface area contributed by atoms with E-state index in [4.69, 9.17) is 0 Å². The fourth-order valence-electron chi connectivity index (χ4n) is 3.13. The van der Waals surface area contributed by atoms with Crippen molar-refractivity contribution in [2.45, 2.75) is 53.9 Å². The van der Waals surface area contributed by atoms with Crippen molar-refractivity contribution in [3.8, 4) is 6.07 Å². The molecule has 1 aromatic heterocycles. The minimum Gasteiger partial charge on any atom is -0.354 e. The first-order valence-corrected chi connectivity index (χ1v) is 7.83. The smallest absolute Gasteiger partial charge is 0.169 e. The topological polar surface area (TPSA) is 52.8 Å². The summed E-state index contributed by atoms with van der Waals surface area (Å²) in [5.74, 6) is 1.50. The van der Waals surface area contributed by atoms with Gasteiger partial charge in [-0.05, 0) is 50.0 Å².